The van der Waals surface area contributed by atoms with Gasteiger partial charge in [-0.1, -0.05) is 49.4 Å². The quantitative estimate of drug-likeness (QED) is 0.721. The second kappa shape index (κ2) is 7.79. The summed E-state index contributed by atoms with van der Waals surface area (Å²) in [5.41, 5.74) is 0.717. The van der Waals surface area contributed by atoms with Crippen LogP contribution in [0.3, 0.4) is 0 Å². The number of nitrogens with one attached hydrogen (secondary N) is 1. The summed E-state index contributed by atoms with van der Waals surface area (Å²) in [6.45, 7) is 2.17. The van der Waals surface area contributed by atoms with Crippen molar-refractivity contribution in [3.8, 4) is 5.75 Å². The van der Waals surface area contributed by atoms with E-state index in [4.69, 9.17) is 4.74 Å². The standard InChI is InChI=1S/C21H20FNO2/c1-2-20(21(24)23-14-15-6-5-9-18(22)12-15)25-19-11-10-16-7-3-4-8-17(16)13-19/h3-13,20H,2,14H2,1H3,(H,23,24). The van der Waals surface area contributed by atoms with Crippen LogP contribution in [0.1, 0.15) is 18.9 Å². The Bertz CT molecular complexity index is 878. The first-order valence-electron chi connectivity index (χ1n) is 8.33. The van der Waals surface area contributed by atoms with E-state index in [2.05, 4.69) is 5.32 Å². The lowest BCUT2D eigenvalue weighted by Gasteiger charge is -2.17. The third kappa shape index (κ3) is 4.35. The zero-order valence-corrected chi connectivity index (χ0v) is 14.0. The SMILES string of the molecule is CCC(Oc1ccc2ccccc2c1)C(=O)NCc1cccc(F)c1. The average Bonchev–Trinajstić information content (AvgIpc) is 2.64. The lowest BCUT2D eigenvalue weighted by molar-refractivity contribution is -0.128. The van der Waals surface area contributed by atoms with Crippen LogP contribution in [0.15, 0.2) is 66.7 Å². The first-order chi connectivity index (χ1) is 12.2. The summed E-state index contributed by atoms with van der Waals surface area (Å²) in [6, 6.07) is 19.9. The van der Waals surface area contributed by atoms with Crippen LogP contribution in [-0.4, -0.2) is 12.0 Å². The smallest absolute Gasteiger partial charge is 0.261 e. The zero-order valence-electron chi connectivity index (χ0n) is 14.0. The fourth-order valence-corrected chi connectivity index (χ4v) is 2.68. The normalized spacial score (nSPS) is 11.9. The molecule has 3 nitrogen and oxygen atoms in total. The first-order valence-corrected chi connectivity index (χ1v) is 8.33. The van der Waals surface area contributed by atoms with Crippen molar-refractivity contribution in [2.45, 2.75) is 26.0 Å². The molecule has 0 heterocycles. The number of ether oxygens (including phenoxy) is 1. The summed E-state index contributed by atoms with van der Waals surface area (Å²) in [4.78, 5) is 12.4. The Labute approximate surface area is 146 Å². The minimum atomic E-state index is -0.588. The number of fused-ring (bicyclic) bond motifs is 1. The second-order valence-corrected chi connectivity index (χ2v) is 5.87. The predicted molar refractivity (Wildman–Crippen MR) is 96.9 cm³/mol. The molecule has 0 spiro atoms. The maximum absolute atomic E-state index is 13.2. The molecule has 0 radical (unpaired) electrons. The van der Waals surface area contributed by atoms with Crippen molar-refractivity contribution in [1.29, 1.82) is 0 Å². The van der Waals surface area contributed by atoms with Gasteiger partial charge >= 0.3 is 0 Å². The molecule has 0 saturated carbocycles. The van der Waals surface area contributed by atoms with E-state index in [0.29, 0.717) is 17.7 Å². The van der Waals surface area contributed by atoms with Gasteiger partial charge in [-0.25, -0.2) is 4.39 Å². The molecule has 1 N–H and O–H groups in total. The van der Waals surface area contributed by atoms with Gasteiger partial charge in [-0.05, 0) is 47.0 Å². The number of halogens is 1. The van der Waals surface area contributed by atoms with Gasteiger partial charge in [0.1, 0.15) is 11.6 Å². The minimum Gasteiger partial charge on any atom is -0.481 e. The third-order valence-corrected chi connectivity index (χ3v) is 4.02. The van der Waals surface area contributed by atoms with E-state index in [9.17, 15) is 9.18 Å². The Balaban J connectivity index is 1.65. The summed E-state index contributed by atoms with van der Waals surface area (Å²) >= 11 is 0. The molecule has 3 aromatic rings. The Kier molecular flexibility index (Phi) is 5.29. The van der Waals surface area contributed by atoms with E-state index >= 15 is 0 Å². The van der Waals surface area contributed by atoms with Crippen molar-refractivity contribution < 1.29 is 13.9 Å². The largest absolute Gasteiger partial charge is 0.481 e. The molecule has 1 unspecified atom stereocenters. The molecular weight excluding hydrogens is 317 g/mol. The molecule has 4 heteroatoms. The molecule has 0 aliphatic rings. The van der Waals surface area contributed by atoms with Crippen LogP contribution in [-0.2, 0) is 11.3 Å². The molecule has 3 rings (SSSR count). The summed E-state index contributed by atoms with van der Waals surface area (Å²) in [5, 5.41) is 4.99. The van der Waals surface area contributed by atoms with Crippen LogP contribution >= 0.6 is 0 Å². The number of amides is 1. The van der Waals surface area contributed by atoms with E-state index < -0.39 is 6.10 Å². The highest BCUT2D eigenvalue weighted by Gasteiger charge is 2.18. The van der Waals surface area contributed by atoms with Crippen molar-refractivity contribution in [2.75, 3.05) is 0 Å². The van der Waals surface area contributed by atoms with Gasteiger partial charge in [0, 0.05) is 6.54 Å². The fourth-order valence-electron chi connectivity index (χ4n) is 2.68. The van der Waals surface area contributed by atoms with E-state index in [-0.39, 0.29) is 18.3 Å². The molecule has 0 aliphatic heterocycles. The summed E-state index contributed by atoms with van der Waals surface area (Å²) < 4.78 is 19.1. The predicted octanol–water partition coefficient (Wildman–Crippen LogP) is 4.45. The van der Waals surface area contributed by atoms with Crippen molar-refractivity contribution in [3.63, 3.8) is 0 Å². The molecule has 0 aromatic heterocycles. The number of carbonyl (C=O) groups is 1. The number of carbonyl (C=O) groups excluding carboxylic acids is 1. The lowest BCUT2D eigenvalue weighted by atomic mass is 10.1. The fraction of sp³-hybridized carbons (Fsp3) is 0.190. The minimum absolute atomic E-state index is 0.208. The van der Waals surface area contributed by atoms with E-state index in [1.165, 1.54) is 12.1 Å². The van der Waals surface area contributed by atoms with Crippen LogP contribution in [0.25, 0.3) is 10.8 Å². The Hall–Kier alpha value is -2.88. The van der Waals surface area contributed by atoms with E-state index in [0.717, 1.165) is 10.8 Å². The van der Waals surface area contributed by atoms with Crippen LogP contribution < -0.4 is 10.1 Å². The van der Waals surface area contributed by atoms with Gasteiger partial charge in [0.05, 0.1) is 0 Å². The number of benzene rings is 3. The molecule has 25 heavy (non-hydrogen) atoms. The molecule has 0 aliphatic carbocycles. The zero-order chi connectivity index (χ0) is 17.6. The van der Waals surface area contributed by atoms with E-state index in [1.54, 1.807) is 12.1 Å². The van der Waals surface area contributed by atoms with Crippen LogP contribution in [0, 0.1) is 5.82 Å². The van der Waals surface area contributed by atoms with Crippen molar-refractivity contribution >= 4 is 16.7 Å². The number of hydrogen-bond acceptors (Lipinski definition) is 2. The molecule has 0 saturated heterocycles. The Morgan fingerprint density at radius 1 is 1.04 bits per heavy atom. The highest BCUT2D eigenvalue weighted by molar-refractivity contribution is 5.84. The van der Waals surface area contributed by atoms with Crippen molar-refractivity contribution in [2.24, 2.45) is 0 Å². The van der Waals surface area contributed by atoms with Crippen LogP contribution in [0.4, 0.5) is 4.39 Å². The molecule has 0 bridgehead atoms. The Morgan fingerprint density at radius 2 is 1.84 bits per heavy atom. The average molecular weight is 337 g/mol. The van der Waals surface area contributed by atoms with Gasteiger partial charge < -0.3 is 10.1 Å². The topological polar surface area (TPSA) is 38.3 Å². The second-order valence-electron chi connectivity index (χ2n) is 5.87. The molecule has 128 valence electrons. The summed E-state index contributed by atoms with van der Waals surface area (Å²) in [5.74, 6) is 0.137. The van der Waals surface area contributed by atoms with E-state index in [1.807, 2.05) is 49.4 Å². The third-order valence-electron chi connectivity index (χ3n) is 4.02. The number of hydrogen-bond donors (Lipinski definition) is 1. The van der Waals surface area contributed by atoms with Gasteiger partial charge in [-0.15, -0.1) is 0 Å². The lowest BCUT2D eigenvalue weighted by Crippen LogP contribution is -2.37. The molecule has 1 amide bonds. The highest BCUT2D eigenvalue weighted by Crippen LogP contribution is 2.22. The maximum Gasteiger partial charge on any atom is 0.261 e. The van der Waals surface area contributed by atoms with Crippen LogP contribution in [0.5, 0.6) is 5.75 Å². The summed E-state index contributed by atoms with van der Waals surface area (Å²) in [6.07, 6.45) is -0.0448. The van der Waals surface area contributed by atoms with Gasteiger partial charge in [0.2, 0.25) is 0 Å². The molecule has 0 fully saturated rings. The molecule has 1 atom stereocenters. The van der Waals surface area contributed by atoms with Gasteiger partial charge in [0.25, 0.3) is 5.91 Å². The first kappa shape index (κ1) is 17.0. The number of rotatable bonds is 6. The highest BCUT2D eigenvalue weighted by atomic mass is 19.1. The molecular formula is C21H20FNO2. The Morgan fingerprint density at radius 3 is 2.60 bits per heavy atom. The van der Waals surface area contributed by atoms with Gasteiger partial charge in [-0.3, -0.25) is 4.79 Å². The molecule has 3 aromatic carbocycles. The van der Waals surface area contributed by atoms with Gasteiger partial charge in [0.15, 0.2) is 6.10 Å². The monoisotopic (exact) mass is 337 g/mol. The summed E-state index contributed by atoms with van der Waals surface area (Å²) in [7, 11) is 0. The van der Waals surface area contributed by atoms with Crippen LogP contribution in [0.2, 0.25) is 0 Å². The maximum atomic E-state index is 13.2. The van der Waals surface area contributed by atoms with Crippen molar-refractivity contribution in [3.05, 3.63) is 78.1 Å². The van der Waals surface area contributed by atoms with Crippen molar-refractivity contribution in [1.82, 2.24) is 5.32 Å². The van der Waals surface area contributed by atoms with Gasteiger partial charge in [-0.2, -0.15) is 0 Å².